The number of unbranched alkanes of at least 4 members (excludes halogenated alkanes) is 1. The first-order valence-corrected chi connectivity index (χ1v) is 9.44. The summed E-state index contributed by atoms with van der Waals surface area (Å²) in [6.45, 7) is 4.03. The molecule has 0 bridgehead atoms. The van der Waals surface area contributed by atoms with E-state index in [-0.39, 0.29) is 29.4 Å². The Balaban J connectivity index is 1.63. The number of hydrogen-bond acceptors (Lipinski definition) is 8. The Morgan fingerprint density at radius 3 is 2.80 bits per heavy atom. The number of rotatable bonds is 6. The maximum Gasteiger partial charge on any atom is 0.378 e. The summed E-state index contributed by atoms with van der Waals surface area (Å²) in [6, 6.07) is 1.74. The standard InChI is InChI=1S/C18H20N8O4/c1-4-5-8-25-14-12(15(27)22-18(25)29)24(3)11(20-14)9-30-16(28)13-21-17-19-7-6-10(2)26(17)23-13/h6-7H,4-5,8-9H2,1-3H3,(H,22,27,29). The van der Waals surface area contributed by atoms with Gasteiger partial charge in [-0.1, -0.05) is 13.3 Å². The second kappa shape index (κ2) is 7.54. The van der Waals surface area contributed by atoms with E-state index in [0.717, 1.165) is 18.5 Å². The summed E-state index contributed by atoms with van der Waals surface area (Å²) < 4.78 is 9.67. The summed E-state index contributed by atoms with van der Waals surface area (Å²) in [5.74, 6) is -0.272. The average Bonchev–Trinajstić information content (AvgIpc) is 3.29. The van der Waals surface area contributed by atoms with E-state index in [1.165, 1.54) is 13.6 Å². The van der Waals surface area contributed by atoms with Crippen molar-refractivity contribution in [3.63, 3.8) is 0 Å². The van der Waals surface area contributed by atoms with E-state index >= 15 is 0 Å². The minimum Gasteiger partial charge on any atom is -0.452 e. The molecule has 12 heteroatoms. The zero-order valence-electron chi connectivity index (χ0n) is 16.7. The number of carbonyl (C=O) groups is 1. The molecule has 4 heterocycles. The van der Waals surface area contributed by atoms with Gasteiger partial charge in [-0.05, 0) is 19.4 Å². The minimum absolute atomic E-state index is 0.131. The zero-order valence-corrected chi connectivity index (χ0v) is 16.7. The monoisotopic (exact) mass is 412 g/mol. The lowest BCUT2D eigenvalue weighted by Gasteiger charge is -2.04. The van der Waals surface area contributed by atoms with Crippen LogP contribution in [0.4, 0.5) is 0 Å². The smallest absolute Gasteiger partial charge is 0.378 e. The molecule has 12 nitrogen and oxygen atoms in total. The molecule has 0 atom stereocenters. The Kier molecular flexibility index (Phi) is 4.90. The molecule has 4 aromatic heterocycles. The molecule has 0 spiro atoms. The van der Waals surface area contributed by atoms with E-state index in [2.05, 4.69) is 25.0 Å². The third-order valence-electron chi connectivity index (χ3n) is 4.79. The molecule has 4 aromatic rings. The van der Waals surface area contributed by atoms with Crippen molar-refractivity contribution < 1.29 is 9.53 Å². The number of aromatic nitrogens is 8. The molecule has 0 saturated heterocycles. The van der Waals surface area contributed by atoms with Crippen LogP contribution in [0.3, 0.4) is 0 Å². The third kappa shape index (κ3) is 3.25. The fourth-order valence-corrected chi connectivity index (χ4v) is 3.13. The molecule has 4 rings (SSSR count). The number of H-pyrrole nitrogens is 1. The Morgan fingerprint density at radius 2 is 2.07 bits per heavy atom. The van der Waals surface area contributed by atoms with Crippen LogP contribution < -0.4 is 11.2 Å². The van der Waals surface area contributed by atoms with Gasteiger partial charge in [-0.15, -0.1) is 5.10 Å². The van der Waals surface area contributed by atoms with Crippen molar-refractivity contribution in [2.75, 3.05) is 0 Å². The van der Waals surface area contributed by atoms with E-state index in [4.69, 9.17) is 4.74 Å². The molecular weight excluding hydrogens is 392 g/mol. The van der Waals surface area contributed by atoms with Gasteiger partial charge in [0.1, 0.15) is 12.4 Å². The van der Waals surface area contributed by atoms with Gasteiger partial charge in [-0.25, -0.2) is 24.1 Å². The number of fused-ring (bicyclic) bond motifs is 2. The topological polar surface area (TPSA) is 142 Å². The molecule has 0 aliphatic heterocycles. The number of nitrogens with zero attached hydrogens (tertiary/aromatic N) is 7. The fraction of sp³-hybridized carbons (Fsp3) is 0.389. The van der Waals surface area contributed by atoms with Crippen LogP contribution in [0.15, 0.2) is 21.9 Å². The summed E-state index contributed by atoms with van der Waals surface area (Å²) in [5, 5.41) is 4.10. The SMILES string of the molecule is CCCCn1c(=O)[nH]c(=O)c2c1nc(COC(=O)c1nc3nccc(C)n3n1)n2C. The molecular formula is C18H20N8O4. The van der Waals surface area contributed by atoms with Gasteiger partial charge in [0.15, 0.2) is 11.2 Å². The maximum atomic E-state index is 12.4. The number of nitrogens with one attached hydrogen (secondary N) is 1. The van der Waals surface area contributed by atoms with Crippen LogP contribution in [0.1, 0.15) is 41.9 Å². The fourth-order valence-electron chi connectivity index (χ4n) is 3.13. The second-order valence-electron chi connectivity index (χ2n) is 6.83. The molecule has 0 unspecified atom stereocenters. The van der Waals surface area contributed by atoms with Gasteiger partial charge in [0.25, 0.3) is 17.2 Å². The molecule has 30 heavy (non-hydrogen) atoms. The van der Waals surface area contributed by atoms with Crippen molar-refractivity contribution in [1.29, 1.82) is 0 Å². The van der Waals surface area contributed by atoms with Crippen molar-refractivity contribution in [3.8, 4) is 0 Å². The van der Waals surface area contributed by atoms with E-state index in [9.17, 15) is 14.4 Å². The largest absolute Gasteiger partial charge is 0.452 e. The molecule has 156 valence electrons. The van der Waals surface area contributed by atoms with Crippen LogP contribution in [-0.4, -0.2) is 44.7 Å². The van der Waals surface area contributed by atoms with Gasteiger partial charge in [0.2, 0.25) is 0 Å². The highest BCUT2D eigenvalue weighted by molar-refractivity contribution is 5.85. The van der Waals surface area contributed by atoms with Crippen molar-refractivity contribution in [1.82, 2.24) is 38.7 Å². The highest BCUT2D eigenvalue weighted by Crippen LogP contribution is 2.12. The Morgan fingerprint density at radius 1 is 1.27 bits per heavy atom. The van der Waals surface area contributed by atoms with Crippen LogP contribution >= 0.6 is 0 Å². The van der Waals surface area contributed by atoms with Gasteiger partial charge in [0.05, 0.1) is 0 Å². The number of esters is 1. The Bertz CT molecular complexity index is 1380. The van der Waals surface area contributed by atoms with E-state index in [0.29, 0.717) is 12.4 Å². The zero-order chi connectivity index (χ0) is 21.4. The van der Waals surface area contributed by atoms with E-state index < -0.39 is 17.2 Å². The number of aryl methyl sites for hydroxylation is 3. The first-order chi connectivity index (χ1) is 14.4. The van der Waals surface area contributed by atoms with Crippen LogP contribution in [0.2, 0.25) is 0 Å². The number of ether oxygens (including phenoxy) is 1. The lowest BCUT2D eigenvalue weighted by molar-refractivity contribution is 0.0445. The second-order valence-corrected chi connectivity index (χ2v) is 6.83. The van der Waals surface area contributed by atoms with Crippen LogP contribution in [-0.2, 0) is 24.9 Å². The lowest BCUT2D eigenvalue weighted by atomic mass is 10.3. The number of aromatic amines is 1. The normalized spacial score (nSPS) is 11.4. The van der Waals surface area contributed by atoms with Gasteiger partial charge < -0.3 is 9.30 Å². The predicted molar refractivity (Wildman–Crippen MR) is 105 cm³/mol. The quantitative estimate of drug-likeness (QED) is 0.446. The van der Waals surface area contributed by atoms with Crippen molar-refractivity contribution in [2.45, 2.75) is 39.8 Å². The van der Waals surface area contributed by atoms with Gasteiger partial charge in [-0.2, -0.15) is 4.98 Å². The molecule has 0 aromatic carbocycles. The van der Waals surface area contributed by atoms with Crippen molar-refractivity contribution in [3.05, 3.63) is 50.4 Å². The molecule has 1 N–H and O–H groups in total. The average molecular weight is 412 g/mol. The summed E-state index contributed by atoms with van der Waals surface area (Å²) in [5.41, 5.74) is 0.211. The molecule has 0 amide bonds. The van der Waals surface area contributed by atoms with Crippen LogP contribution in [0, 0.1) is 6.92 Å². The molecule has 0 aliphatic rings. The number of carbonyl (C=O) groups excluding carboxylic acids is 1. The molecule has 0 fully saturated rings. The highest BCUT2D eigenvalue weighted by Gasteiger charge is 2.20. The van der Waals surface area contributed by atoms with Gasteiger partial charge in [0, 0.05) is 25.5 Å². The first kappa shape index (κ1) is 19.5. The first-order valence-electron chi connectivity index (χ1n) is 9.44. The summed E-state index contributed by atoms with van der Waals surface area (Å²) in [6.07, 6.45) is 3.21. The van der Waals surface area contributed by atoms with Crippen molar-refractivity contribution in [2.24, 2.45) is 7.05 Å². The number of imidazole rings is 1. The number of hydrogen-bond donors (Lipinski definition) is 1. The molecule has 0 saturated carbocycles. The van der Waals surface area contributed by atoms with Crippen LogP contribution in [0.25, 0.3) is 16.9 Å². The van der Waals surface area contributed by atoms with Crippen LogP contribution in [0.5, 0.6) is 0 Å². The lowest BCUT2D eigenvalue weighted by Crippen LogP contribution is -2.31. The summed E-state index contributed by atoms with van der Waals surface area (Å²) >= 11 is 0. The van der Waals surface area contributed by atoms with E-state index in [1.807, 2.05) is 13.8 Å². The maximum absolute atomic E-state index is 12.4. The Hall–Kier alpha value is -3.83. The van der Waals surface area contributed by atoms with Gasteiger partial charge in [-0.3, -0.25) is 14.3 Å². The van der Waals surface area contributed by atoms with Gasteiger partial charge >= 0.3 is 11.7 Å². The van der Waals surface area contributed by atoms with E-state index in [1.54, 1.807) is 19.3 Å². The summed E-state index contributed by atoms with van der Waals surface area (Å²) in [4.78, 5) is 51.7. The molecule has 0 radical (unpaired) electrons. The predicted octanol–water partition coefficient (Wildman–Crippen LogP) is 0.327. The third-order valence-corrected chi connectivity index (χ3v) is 4.79. The summed E-state index contributed by atoms with van der Waals surface area (Å²) in [7, 11) is 1.62. The Labute approximate surface area is 169 Å². The minimum atomic E-state index is -0.746. The van der Waals surface area contributed by atoms with Crippen molar-refractivity contribution >= 4 is 22.9 Å². The molecule has 0 aliphatic carbocycles. The highest BCUT2D eigenvalue weighted by atomic mass is 16.5.